The number of carboxylic acid groups (broad SMARTS) is 1. The second-order valence-corrected chi connectivity index (χ2v) is 8.50. The van der Waals surface area contributed by atoms with E-state index in [2.05, 4.69) is 16.0 Å². The second kappa shape index (κ2) is 15.3. The summed E-state index contributed by atoms with van der Waals surface area (Å²) in [5.41, 5.74) is 5.50. The topological polar surface area (TPSA) is 191 Å². The molecule has 0 aliphatic carbocycles. The first kappa shape index (κ1) is 28.5. The predicted octanol–water partition coefficient (Wildman–Crippen LogP) is -2.27. The van der Waals surface area contributed by atoms with Crippen molar-refractivity contribution in [2.24, 2.45) is 5.73 Å². The molecule has 0 aromatic rings. The van der Waals surface area contributed by atoms with Gasteiger partial charge in [0.15, 0.2) is 0 Å². The lowest BCUT2D eigenvalue weighted by atomic mass is 10.1. The van der Waals surface area contributed by atoms with E-state index in [1.54, 1.807) is 0 Å². The van der Waals surface area contributed by atoms with Gasteiger partial charge in [-0.15, -0.1) is 0 Å². The summed E-state index contributed by atoms with van der Waals surface area (Å²) in [6.07, 6.45) is 2.89. The molecule has 0 spiro atoms. The van der Waals surface area contributed by atoms with Crippen LogP contribution >= 0.6 is 23.5 Å². The number of hydrogen-bond acceptors (Lipinski definition) is 9. The Morgan fingerprint density at radius 2 is 1.30 bits per heavy atom. The van der Waals surface area contributed by atoms with Crippen molar-refractivity contribution < 1.29 is 34.5 Å². The van der Waals surface area contributed by atoms with Gasteiger partial charge in [0.25, 0.3) is 0 Å². The van der Waals surface area contributed by atoms with Gasteiger partial charge in [-0.2, -0.15) is 23.5 Å². The van der Waals surface area contributed by atoms with Crippen molar-refractivity contribution in [3.63, 3.8) is 0 Å². The van der Waals surface area contributed by atoms with Crippen LogP contribution < -0.4 is 21.7 Å². The summed E-state index contributed by atoms with van der Waals surface area (Å²) >= 11 is 2.87. The average Bonchev–Trinajstić information content (AvgIpc) is 2.70. The molecule has 11 nitrogen and oxygen atoms in total. The van der Waals surface area contributed by atoms with Crippen LogP contribution in [-0.4, -0.2) is 99.9 Å². The molecule has 3 amide bonds. The van der Waals surface area contributed by atoms with Crippen molar-refractivity contribution >= 4 is 47.2 Å². The molecule has 0 aromatic carbocycles. The quantitative estimate of drug-likeness (QED) is 0.138. The van der Waals surface area contributed by atoms with Gasteiger partial charge in [0.05, 0.1) is 12.7 Å². The van der Waals surface area contributed by atoms with Crippen molar-refractivity contribution in [3.8, 4) is 0 Å². The van der Waals surface area contributed by atoms with E-state index in [1.807, 2.05) is 12.5 Å². The SMILES string of the molecule is CSCCC(NC(=O)C(CCSC)NC(=O)C(CO)NC(=O)C(N)C(C)O)C(=O)O. The zero-order chi connectivity index (χ0) is 23.3. The van der Waals surface area contributed by atoms with Crippen LogP contribution in [0.5, 0.6) is 0 Å². The smallest absolute Gasteiger partial charge is 0.326 e. The van der Waals surface area contributed by atoms with Crippen LogP contribution in [0.1, 0.15) is 19.8 Å². The van der Waals surface area contributed by atoms with Crippen LogP contribution in [0, 0.1) is 0 Å². The number of aliphatic carboxylic acids is 1. The highest BCUT2D eigenvalue weighted by Crippen LogP contribution is 2.05. The number of nitrogens with two attached hydrogens (primary N) is 1. The molecular formula is C17H32N4O7S2. The number of nitrogens with one attached hydrogen (secondary N) is 3. The molecule has 30 heavy (non-hydrogen) atoms. The highest BCUT2D eigenvalue weighted by atomic mass is 32.2. The summed E-state index contributed by atoms with van der Waals surface area (Å²) in [6, 6.07) is -4.85. The van der Waals surface area contributed by atoms with Crippen molar-refractivity contribution in [2.75, 3.05) is 30.6 Å². The number of carboxylic acids is 1. The van der Waals surface area contributed by atoms with Crippen LogP contribution in [0.4, 0.5) is 0 Å². The molecule has 0 aliphatic rings. The van der Waals surface area contributed by atoms with Gasteiger partial charge in [-0.3, -0.25) is 14.4 Å². The molecule has 13 heteroatoms. The lowest BCUT2D eigenvalue weighted by molar-refractivity contribution is -0.142. The molecule has 0 saturated carbocycles. The number of rotatable bonds is 15. The van der Waals surface area contributed by atoms with Gasteiger partial charge >= 0.3 is 5.97 Å². The van der Waals surface area contributed by atoms with E-state index < -0.39 is 60.6 Å². The van der Waals surface area contributed by atoms with Crippen LogP contribution in [0.15, 0.2) is 0 Å². The van der Waals surface area contributed by atoms with Gasteiger partial charge in [0.1, 0.15) is 24.2 Å². The Morgan fingerprint density at radius 1 is 0.867 bits per heavy atom. The third kappa shape index (κ3) is 10.5. The summed E-state index contributed by atoms with van der Waals surface area (Å²) in [7, 11) is 0. The molecule has 0 rings (SSSR count). The molecule has 0 fully saturated rings. The maximum Gasteiger partial charge on any atom is 0.326 e. The number of hydrogen-bond donors (Lipinski definition) is 7. The van der Waals surface area contributed by atoms with E-state index in [-0.39, 0.29) is 12.8 Å². The lowest BCUT2D eigenvalue weighted by Gasteiger charge is -2.24. The van der Waals surface area contributed by atoms with Crippen molar-refractivity contribution in [3.05, 3.63) is 0 Å². The summed E-state index contributed by atoms with van der Waals surface area (Å²) in [6.45, 7) is 0.545. The third-order valence-electron chi connectivity index (χ3n) is 4.11. The standard InChI is InChI=1S/C17H32N4O7S2/c1-9(23)13(18)16(26)21-12(8-22)15(25)19-10(4-6-29-2)14(24)20-11(17(27)28)5-7-30-3/h9-13,22-23H,4-8,18H2,1-3H3,(H,19,25)(H,20,24)(H,21,26)(H,27,28). The summed E-state index contributed by atoms with van der Waals surface area (Å²) in [5, 5.41) is 35.2. The third-order valence-corrected chi connectivity index (χ3v) is 5.39. The zero-order valence-corrected chi connectivity index (χ0v) is 18.9. The Bertz CT molecular complexity index is 580. The van der Waals surface area contributed by atoms with Crippen LogP contribution in [-0.2, 0) is 19.2 Å². The van der Waals surface area contributed by atoms with Crippen molar-refractivity contribution in [1.82, 2.24) is 16.0 Å². The molecule has 174 valence electrons. The van der Waals surface area contributed by atoms with Gasteiger partial charge in [-0.25, -0.2) is 4.79 Å². The van der Waals surface area contributed by atoms with Crippen LogP contribution in [0.2, 0.25) is 0 Å². The maximum absolute atomic E-state index is 12.6. The van der Waals surface area contributed by atoms with Crippen molar-refractivity contribution in [1.29, 1.82) is 0 Å². The minimum absolute atomic E-state index is 0.215. The Hall–Kier alpha value is -1.54. The first-order valence-electron chi connectivity index (χ1n) is 9.25. The monoisotopic (exact) mass is 468 g/mol. The fourth-order valence-corrected chi connectivity index (χ4v) is 3.17. The van der Waals surface area contributed by atoms with Crippen LogP contribution in [0.3, 0.4) is 0 Å². The molecule has 8 N–H and O–H groups in total. The Labute approximate surface area is 184 Å². The van der Waals surface area contributed by atoms with E-state index >= 15 is 0 Å². The highest BCUT2D eigenvalue weighted by molar-refractivity contribution is 7.98. The van der Waals surface area contributed by atoms with E-state index in [0.717, 1.165) is 0 Å². The van der Waals surface area contributed by atoms with Gasteiger partial charge < -0.3 is 37.0 Å². The molecule has 0 bridgehead atoms. The molecule has 0 heterocycles. The second-order valence-electron chi connectivity index (χ2n) is 6.53. The lowest BCUT2D eigenvalue weighted by Crippen LogP contribution is -2.59. The molecular weight excluding hydrogens is 436 g/mol. The molecule has 5 atom stereocenters. The number of aliphatic hydroxyl groups excluding tert-OH is 2. The molecule has 5 unspecified atom stereocenters. The Morgan fingerprint density at radius 3 is 1.73 bits per heavy atom. The van der Waals surface area contributed by atoms with Crippen LogP contribution in [0.25, 0.3) is 0 Å². The van der Waals surface area contributed by atoms with E-state index in [0.29, 0.717) is 11.5 Å². The zero-order valence-electron chi connectivity index (χ0n) is 17.3. The summed E-state index contributed by atoms with van der Waals surface area (Å²) in [5.74, 6) is -2.49. The van der Waals surface area contributed by atoms with Gasteiger partial charge in [0, 0.05) is 0 Å². The number of thioether (sulfide) groups is 2. The van der Waals surface area contributed by atoms with E-state index in [4.69, 9.17) is 5.73 Å². The Balaban J connectivity index is 5.18. The first-order chi connectivity index (χ1) is 14.1. The van der Waals surface area contributed by atoms with Crippen molar-refractivity contribution in [2.45, 2.75) is 50.0 Å². The minimum atomic E-state index is -1.39. The van der Waals surface area contributed by atoms with Gasteiger partial charge in [-0.1, -0.05) is 0 Å². The maximum atomic E-state index is 12.6. The normalized spacial score (nSPS) is 15.9. The van der Waals surface area contributed by atoms with Gasteiger partial charge in [-0.05, 0) is 43.8 Å². The minimum Gasteiger partial charge on any atom is -0.480 e. The summed E-state index contributed by atoms with van der Waals surface area (Å²) < 4.78 is 0. The number of aliphatic hydroxyl groups is 2. The Kier molecular flexibility index (Phi) is 14.5. The van der Waals surface area contributed by atoms with E-state index in [1.165, 1.54) is 30.4 Å². The number of amides is 3. The highest BCUT2D eigenvalue weighted by Gasteiger charge is 2.30. The molecule has 0 saturated heterocycles. The largest absolute Gasteiger partial charge is 0.480 e. The number of carbonyl (C=O) groups excluding carboxylic acids is 3. The fraction of sp³-hybridized carbons (Fsp3) is 0.765. The molecule has 0 aliphatic heterocycles. The number of carbonyl (C=O) groups is 4. The fourth-order valence-electron chi connectivity index (χ4n) is 2.22. The predicted molar refractivity (Wildman–Crippen MR) is 116 cm³/mol. The first-order valence-corrected chi connectivity index (χ1v) is 12.0. The van der Waals surface area contributed by atoms with Gasteiger partial charge in [0.2, 0.25) is 17.7 Å². The molecule has 0 aromatic heterocycles. The van der Waals surface area contributed by atoms with E-state index in [9.17, 15) is 34.5 Å². The molecule has 0 radical (unpaired) electrons. The summed E-state index contributed by atoms with van der Waals surface area (Å²) in [4.78, 5) is 48.4. The average molecular weight is 469 g/mol.